The summed E-state index contributed by atoms with van der Waals surface area (Å²) in [5, 5.41) is 2.81. The van der Waals surface area contributed by atoms with Gasteiger partial charge in [-0.3, -0.25) is 4.79 Å². The van der Waals surface area contributed by atoms with Crippen LogP contribution in [0.5, 0.6) is 0 Å². The van der Waals surface area contributed by atoms with Crippen LogP contribution in [0, 0.1) is 13.8 Å². The van der Waals surface area contributed by atoms with Crippen molar-refractivity contribution in [3.05, 3.63) is 29.3 Å². The molecule has 6 heteroatoms. The molecule has 1 N–H and O–H groups in total. The molecule has 21 heavy (non-hydrogen) atoms. The molecule has 0 aliphatic carbocycles. The topological polar surface area (TPSA) is 66.5 Å². The van der Waals surface area contributed by atoms with Crippen molar-refractivity contribution in [1.82, 2.24) is 4.31 Å². The zero-order chi connectivity index (χ0) is 16.4. The summed E-state index contributed by atoms with van der Waals surface area (Å²) in [6.45, 7) is 8.90. The SMILES string of the molecule is Cc1cccc(C)c1NC(=O)CN(C(C)(C)C)S(C)(=O)=O. The van der Waals surface area contributed by atoms with Crippen molar-refractivity contribution in [2.45, 2.75) is 40.2 Å². The molecule has 0 bridgehead atoms. The molecule has 1 rings (SSSR count). The van der Waals surface area contributed by atoms with Gasteiger partial charge in [0.05, 0.1) is 12.8 Å². The maximum Gasteiger partial charge on any atom is 0.239 e. The van der Waals surface area contributed by atoms with Crippen molar-refractivity contribution in [2.75, 3.05) is 18.1 Å². The number of hydrogen-bond donors (Lipinski definition) is 1. The van der Waals surface area contributed by atoms with E-state index in [4.69, 9.17) is 0 Å². The minimum absolute atomic E-state index is 0.198. The maximum absolute atomic E-state index is 12.2. The van der Waals surface area contributed by atoms with E-state index in [2.05, 4.69) is 5.32 Å². The van der Waals surface area contributed by atoms with E-state index >= 15 is 0 Å². The summed E-state index contributed by atoms with van der Waals surface area (Å²) in [6.07, 6.45) is 1.12. The van der Waals surface area contributed by atoms with Crippen LogP contribution in [0.4, 0.5) is 5.69 Å². The van der Waals surface area contributed by atoms with Crippen LogP contribution in [-0.2, 0) is 14.8 Å². The highest BCUT2D eigenvalue weighted by atomic mass is 32.2. The zero-order valence-corrected chi connectivity index (χ0v) is 14.3. The van der Waals surface area contributed by atoms with Gasteiger partial charge in [-0.1, -0.05) is 18.2 Å². The van der Waals surface area contributed by atoms with Crippen LogP contribution in [0.15, 0.2) is 18.2 Å². The van der Waals surface area contributed by atoms with Gasteiger partial charge in [-0.05, 0) is 45.7 Å². The van der Waals surface area contributed by atoms with Gasteiger partial charge in [0, 0.05) is 11.2 Å². The minimum atomic E-state index is -3.46. The molecule has 0 saturated heterocycles. The Morgan fingerprint density at radius 1 is 1.19 bits per heavy atom. The van der Waals surface area contributed by atoms with Crippen LogP contribution >= 0.6 is 0 Å². The van der Waals surface area contributed by atoms with Gasteiger partial charge in [0.2, 0.25) is 15.9 Å². The van der Waals surface area contributed by atoms with Gasteiger partial charge >= 0.3 is 0 Å². The normalized spacial score (nSPS) is 12.5. The monoisotopic (exact) mass is 312 g/mol. The van der Waals surface area contributed by atoms with Crippen molar-refractivity contribution in [3.63, 3.8) is 0 Å². The predicted molar refractivity (Wildman–Crippen MR) is 85.8 cm³/mol. The van der Waals surface area contributed by atoms with E-state index < -0.39 is 15.6 Å². The number of aryl methyl sites for hydroxylation is 2. The first-order valence-corrected chi connectivity index (χ1v) is 8.61. The molecule has 0 atom stereocenters. The lowest BCUT2D eigenvalue weighted by atomic mass is 10.1. The van der Waals surface area contributed by atoms with Crippen molar-refractivity contribution in [3.8, 4) is 0 Å². The quantitative estimate of drug-likeness (QED) is 0.927. The number of benzene rings is 1. The summed E-state index contributed by atoms with van der Waals surface area (Å²) in [6, 6.07) is 5.72. The Labute approximate surface area is 127 Å². The number of sulfonamides is 1. The average molecular weight is 312 g/mol. The second kappa shape index (κ2) is 6.15. The number of rotatable bonds is 4. The van der Waals surface area contributed by atoms with E-state index in [9.17, 15) is 13.2 Å². The molecule has 0 radical (unpaired) electrons. The molecule has 0 aliphatic rings. The van der Waals surface area contributed by atoms with E-state index in [0.717, 1.165) is 23.1 Å². The molecule has 0 heterocycles. The van der Waals surface area contributed by atoms with E-state index in [0.29, 0.717) is 0 Å². The highest BCUT2D eigenvalue weighted by molar-refractivity contribution is 7.88. The average Bonchev–Trinajstić information content (AvgIpc) is 2.28. The lowest BCUT2D eigenvalue weighted by molar-refractivity contribution is -0.117. The Bertz CT molecular complexity index is 611. The first-order valence-electron chi connectivity index (χ1n) is 6.77. The second-order valence-corrected chi connectivity index (χ2v) is 8.16. The van der Waals surface area contributed by atoms with Gasteiger partial charge in [0.15, 0.2) is 0 Å². The van der Waals surface area contributed by atoms with Crippen LogP contribution in [0.3, 0.4) is 0 Å². The van der Waals surface area contributed by atoms with Crippen LogP contribution in [-0.4, -0.2) is 37.0 Å². The van der Waals surface area contributed by atoms with Crippen LogP contribution < -0.4 is 5.32 Å². The molecule has 0 unspecified atom stereocenters. The number of hydrogen-bond acceptors (Lipinski definition) is 3. The highest BCUT2D eigenvalue weighted by Crippen LogP contribution is 2.21. The maximum atomic E-state index is 12.2. The molecule has 1 aromatic carbocycles. The third kappa shape index (κ3) is 4.82. The largest absolute Gasteiger partial charge is 0.324 e. The molecular weight excluding hydrogens is 288 g/mol. The first-order chi connectivity index (χ1) is 9.43. The lowest BCUT2D eigenvalue weighted by Gasteiger charge is -2.32. The lowest BCUT2D eigenvalue weighted by Crippen LogP contribution is -2.48. The summed E-state index contributed by atoms with van der Waals surface area (Å²) < 4.78 is 24.9. The second-order valence-electron chi connectivity index (χ2n) is 6.26. The van der Waals surface area contributed by atoms with E-state index in [1.165, 1.54) is 4.31 Å². The smallest absolute Gasteiger partial charge is 0.239 e. The number of carbonyl (C=O) groups excluding carboxylic acids is 1. The molecule has 0 aliphatic heterocycles. The highest BCUT2D eigenvalue weighted by Gasteiger charge is 2.31. The molecule has 1 amide bonds. The predicted octanol–water partition coefficient (Wildman–Crippen LogP) is 2.30. The van der Waals surface area contributed by atoms with Gasteiger partial charge in [0.1, 0.15) is 0 Å². The summed E-state index contributed by atoms with van der Waals surface area (Å²) in [7, 11) is -3.46. The number of carbonyl (C=O) groups is 1. The summed E-state index contributed by atoms with van der Waals surface area (Å²) >= 11 is 0. The molecule has 5 nitrogen and oxygen atoms in total. The Morgan fingerprint density at radius 3 is 2.05 bits per heavy atom. The molecule has 0 spiro atoms. The number of nitrogens with one attached hydrogen (secondary N) is 1. The molecule has 0 aromatic heterocycles. The van der Waals surface area contributed by atoms with Gasteiger partial charge in [0.25, 0.3) is 0 Å². The van der Waals surface area contributed by atoms with Gasteiger partial charge in [-0.25, -0.2) is 8.42 Å². The molecule has 118 valence electrons. The first kappa shape index (κ1) is 17.7. The Kier molecular flexibility index (Phi) is 5.17. The summed E-state index contributed by atoms with van der Waals surface area (Å²) in [4.78, 5) is 12.2. The third-order valence-electron chi connectivity index (χ3n) is 3.18. The summed E-state index contributed by atoms with van der Waals surface area (Å²) in [5.74, 6) is -0.340. The van der Waals surface area contributed by atoms with E-state index in [-0.39, 0.29) is 12.5 Å². The number of para-hydroxylation sites is 1. The van der Waals surface area contributed by atoms with Crippen molar-refractivity contribution < 1.29 is 13.2 Å². The molecule has 0 saturated carbocycles. The van der Waals surface area contributed by atoms with Crippen molar-refractivity contribution in [1.29, 1.82) is 0 Å². The third-order valence-corrected chi connectivity index (χ3v) is 4.66. The Balaban J connectivity index is 2.95. The van der Waals surface area contributed by atoms with Crippen molar-refractivity contribution >= 4 is 21.6 Å². The molecular formula is C15H24N2O3S. The fourth-order valence-electron chi connectivity index (χ4n) is 2.17. The fraction of sp³-hybridized carbons (Fsp3) is 0.533. The summed E-state index contributed by atoms with van der Waals surface area (Å²) in [5.41, 5.74) is 1.99. The van der Waals surface area contributed by atoms with Crippen LogP contribution in [0.1, 0.15) is 31.9 Å². The standard InChI is InChI=1S/C15H24N2O3S/c1-11-8-7-9-12(2)14(11)16-13(18)10-17(15(3,4)5)21(6,19)20/h7-9H,10H2,1-6H3,(H,16,18). The minimum Gasteiger partial charge on any atom is -0.324 e. The van der Waals surface area contributed by atoms with Gasteiger partial charge in [-0.2, -0.15) is 4.31 Å². The van der Waals surface area contributed by atoms with Crippen LogP contribution in [0.25, 0.3) is 0 Å². The van der Waals surface area contributed by atoms with Crippen molar-refractivity contribution in [2.24, 2.45) is 0 Å². The van der Waals surface area contributed by atoms with E-state index in [1.807, 2.05) is 32.0 Å². The van der Waals surface area contributed by atoms with Gasteiger partial charge < -0.3 is 5.32 Å². The number of anilines is 1. The Hall–Kier alpha value is -1.40. The Morgan fingerprint density at radius 2 is 1.67 bits per heavy atom. The van der Waals surface area contributed by atoms with Gasteiger partial charge in [-0.15, -0.1) is 0 Å². The van der Waals surface area contributed by atoms with E-state index in [1.54, 1.807) is 20.8 Å². The molecule has 0 fully saturated rings. The number of nitrogens with zero attached hydrogens (tertiary/aromatic N) is 1. The van der Waals surface area contributed by atoms with Crippen LogP contribution in [0.2, 0.25) is 0 Å². The number of amides is 1. The zero-order valence-electron chi connectivity index (χ0n) is 13.5. The molecule has 1 aromatic rings. The fourth-order valence-corrected chi connectivity index (χ4v) is 3.52.